The van der Waals surface area contributed by atoms with Crippen molar-refractivity contribution in [2.45, 2.75) is 38.0 Å². The molecule has 1 atom stereocenters. The quantitative estimate of drug-likeness (QED) is 0.784. The lowest BCUT2D eigenvalue weighted by Gasteiger charge is -2.21. The second kappa shape index (κ2) is 8.41. The van der Waals surface area contributed by atoms with Gasteiger partial charge in [0.1, 0.15) is 12.1 Å². The van der Waals surface area contributed by atoms with E-state index in [2.05, 4.69) is 39.4 Å². The van der Waals surface area contributed by atoms with E-state index in [-0.39, 0.29) is 0 Å². The largest absolute Gasteiger partial charge is 0.381 e. The number of ether oxygens (including phenoxy) is 1. The molecule has 1 N–H and O–H groups in total. The van der Waals surface area contributed by atoms with Gasteiger partial charge >= 0.3 is 0 Å². The molecule has 2 heterocycles. The maximum Gasteiger partial charge on any atom is 0.129 e. The summed E-state index contributed by atoms with van der Waals surface area (Å²) in [4.78, 5) is 11.1. The van der Waals surface area contributed by atoms with Crippen molar-refractivity contribution < 1.29 is 4.74 Å². The third-order valence-corrected chi connectivity index (χ3v) is 4.69. The Morgan fingerprint density at radius 3 is 3.09 bits per heavy atom. The monoisotopic (exact) mass is 316 g/mol. The van der Waals surface area contributed by atoms with E-state index in [1.807, 2.05) is 0 Å². The van der Waals surface area contributed by atoms with E-state index in [1.54, 1.807) is 11.9 Å². The summed E-state index contributed by atoms with van der Waals surface area (Å²) in [5.41, 5.74) is 2.70. The number of aromatic nitrogens is 2. The maximum atomic E-state index is 5.44. The van der Waals surface area contributed by atoms with E-state index in [9.17, 15) is 0 Å². The van der Waals surface area contributed by atoms with Gasteiger partial charge in [-0.2, -0.15) is 0 Å². The summed E-state index contributed by atoms with van der Waals surface area (Å²) in [7, 11) is 2.19. The van der Waals surface area contributed by atoms with Gasteiger partial charge in [0.2, 0.25) is 0 Å². The Morgan fingerprint density at radius 1 is 1.35 bits per heavy atom. The van der Waals surface area contributed by atoms with Gasteiger partial charge in [-0.15, -0.1) is 0 Å². The molecule has 2 aliphatic rings. The number of nitrogens with zero attached hydrogens (tertiary/aromatic N) is 3. The lowest BCUT2D eigenvalue weighted by Crippen LogP contribution is -2.27. The fourth-order valence-electron chi connectivity index (χ4n) is 3.31. The number of allylic oxidation sites excluding steroid dienone is 1. The fourth-order valence-corrected chi connectivity index (χ4v) is 3.31. The van der Waals surface area contributed by atoms with Gasteiger partial charge in [0, 0.05) is 38.2 Å². The predicted octanol–water partition coefficient (Wildman–Crippen LogP) is 2.82. The maximum absolute atomic E-state index is 5.44. The van der Waals surface area contributed by atoms with Crippen LogP contribution >= 0.6 is 0 Å². The number of likely N-dealkylation sites (N-methyl/N-ethyl adjacent to an activating group) is 1. The zero-order valence-corrected chi connectivity index (χ0v) is 14.1. The van der Waals surface area contributed by atoms with Crippen LogP contribution in [0, 0.1) is 0 Å². The first-order chi connectivity index (χ1) is 11.3. The normalized spacial score (nSPS) is 21.5. The Bertz CT molecular complexity index is 526. The molecular weight excluding hydrogens is 288 g/mol. The van der Waals surface area contributed by atoms with Crippen molar-refractivity contribution in [3.05, 3.63) is 29.7 Å². The molecule has 1 aromatic rings. The highest BCUT2D eigenvalue weighted by Crippen LogP contribution is 2.24. The summed E-state index contributed by atoms with van der Waals surface area (Å²) >= 11 is 0. The third-order valence-electron chi connectivity index (χ3n) is 4.69. The summed E-state index contributed by atoms with van der Waals surface area (Å²) in [6, 6.07) is 2.07. The zero-order valence-electron chi connectivity index (χ0n) is 14.1. The first kappa shape index (κ1) is 16.4. The average Bonchev–Trinajstić information content (AvgIpc) is 3.11. The molecule has 1 saturated heterocycles. The van der Waals surface area contributed by atoms with Gasteiger partial charge in [-0.3, -0.25) is 0 Å². The summed E-state index contributed by atoms with van der Waals surface area (Å²) in [5, 5.41) is 3.42. The van der Waals surface area contributed by atoms with Gasteiger partial charge in [0.05, 0.1) is 12.3 Å². The van der Waals surface area contributed by atoms with E-state index < -0.39 is 0 Å². The van der Waals surface area contributed by atoms with E-state index >= 15 is 0 Å². The smallest absolute Gasteiger partial charge is 0.129 e. The highest BCUT2D eigenvalue weighted by Gasteiger charge is 2.19. The van der Waals surface area contributed by atoms with Crippen molar-refractivity contribution in [3.8, 4) is 0 Å². The summed E-state index contributed by atoms with van der Waals surface area (Å²) < 4.78 is 5.44. The van der Waals surface area contributed by atoms with Crippen LogP contribution in [0.2, 0.25) is 0 Å². The van der Waals surface area contributed by atoms with Crippen LogP contribution in [0.5, 0.6) is 0 Å². The summed E-state index contributed by atoms with van der Waals surface area (Å²) in [6.45, 7) is 4.65. The van der Waals surface area contributed by atoms with Crippen LogP contribution in [0.3, 0.4) is 0 Å². The lowest BCUT2D eigenvalue weighted by atomic mass is 9.99. The van der Waals surface area contributed by atoms with Crippen molar-refractivity contribution in [2.24, 2.45) is 0 Å². The minimum atomic E-state index is 0.430. The second-order valence-corrected chi connectivity index (χ2v) is 6.66. The molecular formula is C18H28N4O. The Labute approximate surface area is 139 Å². The summed E-state index contributed by atoms with van der Waals surface area (Å²) in [5.74, 6) is 1.35. The fraction of sp³-hybridized carbons (Fsp3) is 0.667. The molecule has 23 heavy (non-hydrogen) atoms. The number of rotatable bonds is 7. The van der Waals surface area contributed by atoms with Crippen LogP contribution in [0.4, 0.5) is 5.82 Å². The highest BCUT2D eigenvalue weighted by atomic mass is 16.5. The first-order valence-corrected chi connectivity index (χ1v) is 8.81. The average molecular weight is 316 g/mol. The molecule has 0 radical (unpaired) electrons. The molecule has 0 amide bonds. The van der Waals surface area contributed by atoms with Crippen molar-refractivity contribution in [1.29, 1.82) is 0 Å². The van der Waals surface area contributed by atoms with Crippen LogP contribution in [-0.4, -0.2) is 54.8 Å². The summed E-state index contributed by atoms with van der Waals surface area (Å²) in [6.07, 6.45) is 10.4. The molecule has 0 saturated carbocycles. The minimum Gasteiger partial charge on any atom is -0.381 e. The minimum absolute atomic E-state index is 0.430. The molecule has 1 aliphatic carbocycles. The topological polar surface area (TPSA) is 50.3 Å². The van der Waals surface area contributed by atoms with Crippen molar-refractivity contribution in [3.63, 3.8) is 0 Å². The molecule has 5 nitrogen and oxygen atoms in total. The molecule has 5 heteroatoms. The van der Waals surface area contributed by atoms with E-state index in [4.69, 9.17) is 4.74 Å². The van der Waals surface area contributed by atoms with Gasteiger partial charge in [0.15, 0.2) is 0 Å². The number of anilines is 1. The van der Waals surface area contributed by atoms with Crippen LogP contribution in [0.25, 0.3) is 0 Å². The second-order valence-electron chi connectivity index (χ2n) is 6.66. The Hall–Kier alpha value is -1.46. The van der Waals surface area contributed by atoms with Crippen molar-refractivity contribution in [1.82, 2.24) is 14.9 Å². The molecule has 1 fully saturated rings. The van der Waals surface area contributed by atoms with Gasteiger partial charge in [0.25, 0.3) is 0 Å². The Balaban J connectivity index is 1.43. The van der Waals surface area contributed by atoms with Crippen LogP contribution in [0.15, 0.2) is 24.0 Å². The van der Waals surface area contributed by atoms with Crippen LogP contribution in [0.1, 0.15) is 43.7 Å². The Morgan fingerprint density at radius 2 is 2.30 bits per heavy atom. The molecule has 0 unspecified atom stereocenters. The van der Waals surface area contributed by atoms with E-state index in [0.717, 1.165) is 50.8 Å². The molecule has 1 aromatic heterocycles. The van der Waals surface area contributed by atoms with Gasteiger partial charge < -0.3 is 15.0 Å². The SMILES string of the molecule is CN(CCNc1cc([C@H]2CCOC2)ncn1)CC1=CCCCC1. The molecule has 0 aromatic carbocycles. The van der Waals surface area contributed by atoms with Crippen LogP contribution < -0.4 is 5.32 Å². The third kappa shape index (κ3) is 5.01. The molecule has 126 valence electrons. The molecule has 0 spiro atoms. The van der Waals surface area contributed by atoms with Gasteiger partial charge in [-0.25, -0.2) is 9.97 Å². The Kier molecular flexibility index (Phi) is 6.00. The van der Waals surface area contributed by atoms with Crippen LogP contribution in [-0.2, 0) is 4.74 Å². The predicted molar refractivity (Wildman–Crippen MR) is 92.7 cm³/mol. The highest BCUT2D eigenvalue weighted by molar-refractivity contribution is 5.36. The van der Waals surface area contributed by atoms with E-state index in [0.29, 0.717) is 5.92 Å². The standard InChI is InChI=1S/C18H28N4O/c1-22(12-15-5-3-2-4-6-15)9-8-19-18-11-17(20-14-21-18)16-7-10-23-13-16/h5,11,14,16H,2-4,6-10,12-13H2,1H3,(H,19,20,21)/t16-/m0/s1. The van der Waals surface area contributed by atoms with E-state index in [1.165, 1.54) is 25.7 Å². The molecule has 0 bridgehead atoms. The zero-order chi connectivity index (χ0) is 15.9. The first-order valence-electron chi connectivity index (χ1n) is 8.81. The van der Waals surface area contributed by atoms with Gasteiger partial charge in [-0.1, -0.05) is 11.6 Å². The van der Waals surface area contributed by atoms with Gasteiger partial charge in [-0.05, 0) is 39.2 Å². The molecule has 3 rings (SSSR count). The van der Waals surface area contributed by atoms with Crippen molar-refractivity contribution >= 4 is 5.82 Å². The number of hydrogen-bond donors (Lipinski definition) is 1. The lowest BCUT2D eigenvalue weighted by molar-refractivity contribution is 0.193. The number of hydrogen-bond acceptors (Lipinski definition) is 5. The number of nitrogens with one attached hydrogen (secondary N) is 1. The molecule has 1 aliphatic heterocycles. The van der Waals surface area contributed by atoms with Crippen molar-refractivity contribution in [2.75, 3.05) is 45.2 Å².